The normalized spacial score (nSPS) is 13.1. The Bertz CT molecular complexity index is 651. The Balaban J connectivity index is 2.90. The molecule has 2 nitrogen and oxygen atoms in total. The Kier molecular flexibility index (Phi) is 3.96. The van der Waals surface area contributed by atoms with Crippen molar-refractivity contribution >= 4 is 11.0 Å². The van der Waals surface area contributed by atoms with Gasteiger partial charge >= 0.3 is 0 Å². The number of fused-ring (bicyclic) bond motifs is 1. The molecule has 0 saturated heterocycles. The van der Waals surface area contributed by atoms with E-state index < -0.39 is 0 Å². The summed E-state index contributed by atoms with van der Waals surface area (Å²) in [5.74, 6) is 0.934. The van der Waals surface area contributed by atoms with Gasteiger partial charge in [-0.05, 0) is 28.9 Å². The van der Waals surface area contributed by atoms with E-state index in [1.807, 2.05) is 0 Å². The predicted molar refractivity (Wildman–Crippen MR) is 90.9 cm³/mol. The third-order valence-electron chi connectivity index (χ3n) is 4.19. The Morgan fingerprint density at radius 1 is 1.00 bits per heavy atom. The first kappa shape index (κ1) is 16.1. The first-order valence-corrected chi connectivity index (χ1v) is 7.89. The van der Waals surface area contributed by atoms with Gasteiger partial charge in [0.2, 0.25) is 0 Å². The molecular weight excluding hydrogens is 258 g/mol. The molecule has 116 valence electrons. The van der Waals surface area contributed by atoms with Crippen molar-refractivity contribution in [3.8, 4) is 0 Å². The number of nitrogens with two attached hydrogens (primary N) is 1. The summed E-state index contributed by atoms with van der Waals surface area (Å²) in [4.78, 5) is 0. The first-order valence-electron chi connectivity index (χ1n) is 7.89. The van der Waals surface area contributed by atoms with Gasteiger partial charge in [-0.25, -0.2) is 0 Å². The van der Waals surface area contributed by atoms with E-state index in [2.05, 4.69) is 60.6 Å². The summed E-state index contributed by atoms with van der Waals surface area (Å²) in [7, 11) is 0. The monoisotopic (exact) mass is 287 g/mol. The third-order valence-corrected chi connectivity index (χ3v) is 4.19. The molecule has 2 heteroatoms. The van der Waals surface area contributed by atoms with Gasteiger partial charge < -0.3 is 10.2 Å². The summed E-state index contributed by atoms with van der Waals surface area (Å²) in [6.07, 6.45) is 0.955. The van der Waals surface area contributed by atoms with Crippen molar-refractivity contribution in [2.75, 3.05) is 0 Å². The van der Waals surface area contributed by atoms with Crippen molar-refractivity contribution < 1.29 is 4.42 Å². The summed E-state index contributed by atoms with van der Waals surface area (Å²) >= 11 is 0. The maximum Gasteiger partial charge on any atom is 0.138 e. The molecule has 0 aliphatic carbocycles. The van der Waals surface area contributed by atoms with Gasteiger partial charge in [-0.15, -0.1) is 0 Å². The lowest BCUT2D eigenvalue weighted by atomic mass is 9.79. The number of aryl methyl sites for hydroxylation is 1. The standard InChI is InChI=1S/C19H29NO/c1-8-13-14-9-12(18(2,3)4)10-15(19(5,6)7)17(14)21-16(13)11-20/h9-10H,8,11,20H2,1-7H3. The highest BCUT2D eigenvalue weighted by Crippen LogP contribution is 2.38. The van der Waals surface area contributed by atoms with Crippen LogP contribution < -0.4 is 5.73 Å². The van der Waals surface area contributed by atoms with Gasteiger partial charge in [-0.3, -0.25) is 0 Å². The van der Waals surface area contributed by atoms with E-state index in [4.69, 9.17) is 10.2 Å². The molecule has 1 aromatic heterocycles. The molecule has 0 unspecified atom stereocenters. The summed E-state index contributed by atoms with van der Waals surface area (Å²) in [6.45, 7) is 16.1. The van der Waals surface area contributed by atoms with Crippen LogP contribution in [0.5, 0.6) is 0 Å². The number of hydrogen-bond donors (Lipinski definition) is 1. The quantitative estimate of drug-likeness (QED) is 0.839. The fraction of sp³-hybridized carbons (Fsp3) is 0.579. The molecule has 0 bridgehead atoms. The van der Waals surface area contributed by atoms with Crippen molar-refractivity contribution in [2.24, 2.45) is 5.73 Å². The summed E-state index contributed by atoms with van der Waals surface area (Å²) in [5.41, 5.74) is 11.0. The molecule has 2 rings (SSSR count). The van der Waals surface area contributed by atoms with Crippen LogP contribution in [0.2, 0.25) is 0 Å². The van der Waals surface area contributed by atoms with Crippen LogP contribution in [0.4, 0.5) is 0 Å². The van der Waals surface area contributed by atoms with Gasteiger partial charge in [-0.1, -0.05) is 54.5 Å². The number of hydrogen-bond acceptors (Lipinski definition) is 2. The highest BCUT2D eigenvalue weighted by Gasteiger charge is 2.26. The predicted octanol–water partition coefficient (Wildman–Crippen LogP) is 5.05. The lowest BCUT2D eigenvalue weighted by molar-refractivity contribution is 0.520. The fourth-order valence-corrected chi connectivity index (χ4v) is 2.84. The molecule has 1 heterocycles. The smallest absolute Gasteiger partial charge is 0.138 e. The van der Waals surface area contributed by atoms with Crippen LogP contribution in [0.25, 0.3) is 11.0 Å². The topological polar surface area (TPSA) is 39.2 Å². The fourth-order valence-electron chi connectivity index (χ4n) is 2.84. The molecule has 1 aromatic carbocycles. The van der Waals surface area contributed by atoms with Gasteiger partial charge in [-0.2, -0.15) is 0 Å². The van der Waals surface area contributed by atoms with E-state index in [1.165, 1.54) is 22.1 Å². The molecule has 0 fully saturated rings. The summed E-state index contributed by atoms with van der Waals surface area (Å²) < 4.78 is 6.14. The lowest BCUT2D eigenvalue weighted by Gasteiger charge is -2.25. The molecule has 2 aromatic rings. The van der Waals surface area contributed by atoms with Gasteiger partial charge in [0.05, 0.1) is 6.54 Å². The van der Waals surface area contributed by atoms with Gasteiger partial charge in [0.25, 0.3) is 0 Å². The minimum Gasteiger partial charge on any atom is -0.459 e. The number of furan rings is 1. The van der Waals surface area contributed by atoms with Gasteiger partial charge in [0.1, 0.15) is 11.3 Å². The van der Waals surface area contributed by atoms with E-state index in [-0.39, 0.29) is 10.8 Å². The van der Waals surface area contributed by atoms with E-state index in [1.54, 1.807) is 0 Å². The minimum absolute atomic E-state index is 0.0498. The molecule has 21 heavy (non-hydrogen) atoms. The molecule has 0 saturated carbocycles. The Labute approximate surface area is 128 Å². The molecule has 0 amide bonds. The lowest BCUT2D eigenvalue weighted by Crippen LogP contribution is -2.16. The molecule has 0 radical (unpaired) electrons. The second kappa shape index (κ2) is 5.17. The van der Waals surface area contributed by atoms with Crippen molar-refractivity contribution in [1.29, 1.82) is 0 Å². The van der Waals surface area contributed by atoms with Crippen LogP contribution in [0.15, 0.2) is 16.5 Å². The summed E-state index contributed by atoms with van der Waals surface area (Å²) in [5, 5.41) is 1.25. The van der Waals surface area contributed by atoms with Crippen molar-refractivity contribution in [3.05, 3.63) is 34.6 Å². The van der Waals surface area contributed by atoms with Gasteiger partial charge in [0, 0.05) is 16.5 Å². The first-order chi connectivity index (χ1) is 9.59. The zero-order chi connectivity index (χ0) is 16.0. The van der Waals surface area contributed by atoms with Crippen LogP contribution in [0.1, 0.15) is 70.9 Å². The average Bonchev–Trinajstić information content (AvgIpc) is 2.72. The maximum absolute atomic E-state index is 6.14. The highest BCUT2D eigenvalue weighted by molar-refractivity contribution is 5.87. The highest BCUT2D eigenvalue weighted by atomic mass is 16.3. The third kappa shape index (κ3) is 2.87. The van der Waals surface area contributed by atoms with E-state index in [0.29, 0.717) is 6.54 Å². The Morgan fingerprint density at radius 3 is 2.05 bits per heavy atom. The molecular formula is C19H29NO. The van der Waals surface area contributed by atoms with E-state index >= 15 is 0 Å². The van der Waals surface area contributed by atoms with Crippen LogP contribution >= 0.6 is 0 Å². The van der Waals surface area contributed by atoms with E-state index in [0.717, 1.165) is 17.8 Å². The second-order valence-corrected chi connectivity index (χ2v) is 7.96. The molecule has 0 atom stereocenters. The second-order valence-electron chi connectivity index (χ2n) is 7.96. The zero-order valence-corrected chi connectivity index (χ0v) is 14.6. The minimum atomic E-state index is 0.0498. The van der Waals surface area contributed by atoms with E-state index in [9.17, 15) is 0 Å². The van der Waals surface area contributed by atoms with Crippen LogP contribution in [-0.4, -0.2) is 0 Å². The van der Waals surface area contributed by atoms with Gasteiger partial charge in [0.15, 0.2) is 0 Å². The molecule has 0 aliphatic heterocycles. The molecule has 2 N–H and O–H groups in total. The van der Waals surface area contributed by atoms with Crippen LogP contribution in [-0.2, 0) is 23.8 Å². The zero-order valence-electron chi connectivity index (χ0n) is 14.6. The average molecular weight is 287 g/mol. The Morgan fingerprint density at radius 2 is 1.62 bits per heavy atom. The number of benzene rings is 1. The summed E-state index contributed by atoms with van der Waals surface area (Å²) in [6, 6.07) is 4.61. The number of rotatable bonds is 2. The van der Waals surface area contributed by atoms with Crippen molar-refractivity contribution in [2.45, 2.75) is 72.3 Å². The van der Waals surface area contributed by atoms with Crippen LogP contribution in [0, 0.1) is 0 Å². The van der Waals surface area contributed by atoms with Crippen LogP contribution in [0.3, 0.4) is 0 Å². The maximum atomic E-state index is 6.14. The Hall–Kier alpha value is -1.28. The van der Waals surface area contributed by atoms with Crippen molar-refractivity contribution in [3.63, 3.8) is 0 Å². The SMILES string of the molecule is CCc1c(CN)oc2c(C(C)(C)C)cc(C(C)(C)C)cc12. The molecule has 0 spiro atoms. The van der Waals surface area contributed by atoms with Crippen molar-refractivity contribution in [1.82, 2.24) is 0 Å². The molecule has 0 aliphatic rings. The largest absolute Gasteiger partial charge is 0.459 e.